The van der Waals surface area contributed by atoms with E-state index in [0.717, 1.165) is 11.3 Å². The minimum absolute atomic E-state index is 0.212. The van der Waals surface area contributed by atoms with Gasteiger partial charge in [0.2, 0.25) is 0 Å². The normalized spacial score (nSPS) is 10.6. The zero-order valence-corrected chi connectivity index (χ0v) is 15.5. The number of furan rings is 1. The molecule has 8 heteroatoms. The first-order valence-electron chi connectivity index (χ1n) is 8.51. The Balaban J connectivity index is 1.34. The summed E-state index contributed by atoms with van der Waals surface area (Å²) in [6.45, 7) is 0.359. The maximum absolute atomic E-state index is 12.4. The molecule has 0 radical (unpaired) electrons. The average molecular weight is 392 g/mol. The van der Waals surface area contributed by atoms with Crippen molar-refractivity contribution < 1.29 is 14.0 Å². The second-order valence-electron chi connectivity index (χ2n) is 5.91. The third-order valence-corrected chi connectivity index (χ3v) is 4.92. The van der Waals surface area contributed by atoms with E-state index in [0.29, 0.717) is 16.4 Å². The van der Waals surface area contributed by atoms with Gasteiger partial charge in [-0.2, -0.15) is 5.10 Å². The van der Waals surface area contributed by atoms with Crippen molar-refractivity contribution >= 4 is 28.2 Å². The van der Waals surface area contributed by atoms with Crippen LogP contribution in [0.5, 0.6) is 0 Å². The fourth-order valence-corrected chi connectivity index (χ4v) is 3.37. The summed E-state index contributed by atoms with van der Waals surface area (Å²) in [6, 6.07) is 16.3. The second kappa shape index (κ2) is 7.93. The molecule has 2 N–H and O–H groups in total. The predicted molar refractivity (Wildman–Crippen MR) is 106 cm³/mol. The fraction of sp³-hybridized carbons (Fsp3) is 0.0500. The summed E-state index contributed by atoms with van der Waals surface area (Å²) in [7, 11) is 0. The third kappa shape index (κ3) is 4.02. The van der Waals surface area contributed by atoms with Crippen LogP contribution in [-0.4, -0.2) is 21.6 Å². The quantitative estimate of drug-likeness (QED) is 0.523. The monoisotopic (exact) mass is 392 g/mol. The van der Waals surface area contributed by atoms with Gasteiger partial charge in [-0.05, 0) is 36.4 Å². The first-order valence-corrected chi connectivity index (χ1v) is 9.32. The first kappa shape index (κ1) is 17.7. The molecule has 0 spiro atoms. The molecule has 0 fully saturated rings. The van der Waals surface area contributed by atoms with E-state index in [2.05, 4.69) is 15.7 Å². The molecule has 4 aromatic rings. The Hall–Kier alpha value is -3.65. The number of amides is 2. The Morgan fingerprint density at radius 1 is 1.04 bits per heavy atom. The highest BCUT2D eigenvalue weighted by molar-refractivity contribution is 7.18. The highest BCUT2D eigenvalue weighted by Gasteiger charge is 2.13. The van der Waals surface area contributed by atoms with Gasteiger partial charge in [0, 0.05) is 18.3 Å². The van der Waals surface area contributed by atoms with Crippen LogP contribution < -0.4 is 10.6 Å². The van der Waals surface area contributed by atoms with Crippen LogP contribution in [0.2, 0.25) is 0 Å². The molecule has 1 aromatic carbocycles. The van der Waals surface area contributed by atoms with E-state index in [-0.39, 0.29) is 17.6 Å². The number of anilines is 1. The molecule has 7 nitrogen and oxygen atoms in total. The lowest BCUT2D eigenvalue weighted by molar-refractivity contribution is 0.0953. The number of hydrogen-bond acceptors (Lipinski definition) is 5. The van der Waals surface area contributed by atoms with Crippen LogP contribution in [0.1, 0.15) is 25.8 Å². The molecule has 28 heavy (non-hydrogen) atoms. The second-order valence-corrected chi connectivity index (χ2v) is 6.99. The molecular weight excluding hydrogens is 376 g/mol. The number of carbonyl (C=O) groups is 2. The summed E-state index contributed by atoms with van der Waals surface area (Å²) >= 11 is 1.20. The molecule has 0 atom stereocenters. The van der Waals surface area contributed by atoms with Gasteiger partial charge in [-0.15, -0.1) is 11.3 Å². The highest BCUT2D eigenvalue weighted by Crippen LogP contribution is 2.22. The summed E-state index contributed by atoms with van der Waals surface area (Å²) in [5.74, 6) is -0.349. The molecule has 2 amide bonds. The lowest BCUT2D eigenvalue weighted by Crippen LogP contribution is -2.21. The van der Waals surface area contributed by atoms with E-state index in [9.17, 15) is 9.59 Å². The van der Waals surface area contributed by atoms with Gasteiger partial charge in [0.1, 0.15) is 0 Å². The van der Waals surface area contributed by atoms with Gasteiger partial charge < -0.3 is 15.1 Å². The van der Waals surface area contributed by atoms with Gasteiger partial charge in [0.15, 0.2) is 5.76 Å². The topological polar surface area (TPSA) is 89.2 Å². The molecule has 0 aliphatic rings. The minimum Gasteiger partial charge on any atom is -0.459 e. The summed E-state index contributed by atoms with van der Waals surface area (Å²) in [5.41, 5.74) is 1.84. The van der Waals surface area contributed by atoms with E-state index in [1.807, 2.05) is 36.5 Å². The molecule has 3 heterocycles. The smallest absolute Gasteiger partial charge is 0.291 e. The van der Waals surface area contributed by atoms with Crippen LogP contribution in [-0.2, 0) is 6.54 Å². The number of thiophene rings is 1. The number of aromatic nitrogens is 2. The SMILES string of the molecule is O=C(Nc1ccc(C(=O)NCc2cnn(-c3ccccc3)c2)s1)c1ccco1. The van der Waals surface area contributed by atoms with Crippen molar-refractivity contribution in [1.82, 2.24) is 15.1 Å². The van der Waals surface area contributed by atoms with Crippen molar-refractivity contribution in [1.29, 1.82) is 0 Å². The predicted octanol–water partition coefficient (Wildman–Crippen LogP) is 3.71. The summed E-state index contributed by atoms with van der Waals surface area (Å²) in [6.07, 6.45) is 5.03. The van der Waals surface area contributed by atoms with E-state index >= 15 is 0 Å². The zero-order valence-electron chi connectivity index (χ0n) is 14.7. The lowest BCUT2D eigenvalue weighted by Gasteiger charge is -2.02. The average Bonchev–Trinajstić information content (AvgIpc) is 3.48. The molecular formula is C20H16N4O3S. The van der Waals surface area contributed by atoms with Gasteiger partial charge in [0.05, 0.1) is 28.0 Å². The number of hydrogen-bond donors (Lipinski definition) is 2. The van der Waals surface area contributed by atoms with Gasteiger partial charge in [-0.3, -0.25) is 9.59 Å². The van der Waals surface area contributed by atoms with Crippen LogP contribution >= 0.6 is 11.3 Å². The van der Waals surface area contributed by atoms with Crippen molar-refractivity contribution in [2.75, 3.05) is 5.32 Å². The molecule has 4 rings (SSSR count). The van der Waals surface area contributed by atoms with E-state index in [4.69, 9.17) is 4.42 Å². The molecule has 3 aromatic heterocycles. The van der Waals surface area contributed by atoms with Crippen molar-refractivity contribution in [3.8, 4) is 5.69 Å². The molecule has 0 saturated carbocycles. The largest absolute Gasteiger partial charge is 0.459 e. The Kier molecular flexibility index (Phi) is 5.03. The van der Waals surface area contributed by atoms with Crippen molar-refractivity contribution in [3.05, 3.63) is 89.5 Å². The van der Waals surface area contributed by atoms with Crippen LogP contribution in [0.25, 0.3) is 5.69 Å². The molecule has 140 valence electrons. The lowest BCUT2D eigenvalue weighted by atomic mass is 10.3. The maximum Gasteiger partial charge on any atom is 0.291 e. The number of nitrogens with zero attached hydrogens (tertiary/aromatic N) is 2. The first-order chi connectivity index (χ1) is 13.7. The molecule has 0 aliphatic carbocycles. The Bertz CT molecular complexity index is 1080. The standard InChI is InChI=1S/C20H16N4O3S/c25-19(16-7-4-10-27-16)23-18-9-8-17(28-18)20(26)21-11-14-12-22-24(13-14)15-5-2-1-3-6-15/h1-10,12-13H,11H2,(H,21,26)(H,23,25). The van der Waals surface area contributed by atoms with E-state index in [1.165, 1.54) is 17.6 Å². The number of carbonyl (C=O) groups excluding carboxylic acids is 2. The van der Waals surface area contributed by atoms with Crippen LogP contribution in [0, 0.1) is 0 Å². The Morgan fingerprint density at radius 3 is 2.68 bits per heavy atom. The number of nitrogens with one attached hydrogen (secondary N) is 2. The van der Waals surface area contributed by atoms with Crippen LogP contribution in [0.3, 0.4) is 0 Å². The van der Waals surface area contributed by atoms with E-state index in [1.54, 1.807) is 35.1 Å². The number of benzene rings is 1. The van der Waals surface area contributed by atoms with Gasteiger partial charge in [0.25, 0.3) is 11.8 Å². The maximum atomic E-state index is 12.4. The van der Waals surface area contributed by atoms with Crippen molar-refractivity contribution in [2.45, 2.75) is 6.54 Å². The van der Waals surface area contributed by atoms with Crippen LogP contribution in [0.4, 0.5) is 5.00 Å². The number of para-hydroxylation sites is 1. The third-order valence-electron chi connectivity index (χ3n) is 3.92. The van der Waals surface area contributed by atoms with Crippen molar-refractivity contribution in [2.24, 2.45) is 0 Å². The van der Waals surface area contributed by atoms with Crippen LogP contribution in [0.15, 0.2) is 77.7 Å². The van der Waals surface area contributed by atoms with Gasteiger partial charge in [-0.1, -0.05) is 18.2 Å². The fourth-order valence-electron chi connectivity index (χ4n) is 2.55. The molecule has 0 aliphatic heterocycles. The zero-order chi connectivity index (χ0) is 19.3. The Morgan fingerprint density at radius 2 is 1.89 bits per heavy atom. The summed E-state index contributed by atoms with van der Waals surface area (Å²) < 4.78 is 6.81. The highest BCUT2D eigenvalue weighted by atomic mass is 32.1. The van der Waals surface area contributed by atoms with Gasteiger partial charge in [-0.25, -0.2) is 4.68 Å². The summed E-state index contributed by atoms with van der Waals surface area (Å²) in [5, 5.41) is 10.5. The molecule has 0 bridgehead atoms. The summed E-state index contributed by atoms with van der Waals surface area (Å²) in [4.78, 5) is 24.8. The van der Waals surface area contributed by atoms with Gasteiger partial charge >= 0.3 is 0 Å². The minimum atomic E-state index is -0.355. The number of rotatable bonds is 6. The van der Waals surface area contributed by atoms with Crippen molar-refractivity contribution in [3.63, 3.8) is 0 Å². The Labute approximate surface area is 164 Å². The van der Waals surface area contributed by atoms with E-state index < -0.39 is 0 Å². The molecule has 0 unspecified atom stereocenters. The molecule has 0 saturated heterocycles.